The predicted octanol–water partition coefficient (Wildman–Crippen LogP) is 3.35. The topological polar surface area (TPSA) is 190 Å². The molecule has 0 unspecified atom stereocenters. The van der Waals surface area contributed by atoms with E-state index < -0.39 is 9.84 Å². The molecule has 0 saturated heterocycles. The van der Waals surface area contributed by atoms with Gasteiger partial charge in [0.25, 0.3) is 0 Å². The van der Waals surface area contributed by atoms with Crippen LogP contribution in [0.3, 0.4) is 0 Å². The fraction of sp³-hybridized carbons (Fsp3) is 0. The van der Waals surface area contributed by atoms with E-state index in [0.717, 1.165) is 0 Å². The van der Waals surface area contributed by atoms with Gasteiger partial charge in [-0.05, 0) is 47.5 Å². The van der Waals surface area contributed by atoms with E-state index in [1.165, 1.54) is 0 Å². The van der Waals surface area contributed by atoms with Gasteiger partial charge in [-0.3, -0.25) is 0 Å². The molecule has 168 valence electrons. The van der Waals surface area contributed by atoms with Crippen molar-refractivity contribution >= 4 is 44.0 Å². The molecule has 0 aliphatic rings. The highest BCUT2D eigenvalue weighted by Gasteiger charge is 2.31. The van der Waals surface area contributed by atoms with E-state index in [2.05, 4.69) is 0 Å². The van der Waals surface area contributed by atoms with Crippen LogP contribution < -0.4 is 34.4 Å². The summed E-state index contributed by atoms with van der Waals surface area (Å²) in [6, 6.07) is 19.9. The number of nitrogen functional groups attached to an aromatic ring is 6. The molecule has 0 saturated carbocycles. The zero-order chi connectivity index (χ0) is 23.9. The number of hydrogen-bond acceptors (Lipinski definition) is 8. The molecule has 0 radical (unpaired) electrons. The first kappa shape index (κ1) is 21.8. The van der Waals surface area contributed by atoms with Crippen LogP contribution in [-0.4, -0.2) is 8.42 Å². The van der Waals surface area contributed by atoms with Crippen LogP contribution in [0.25, 0.3) is 22.3 Å². The van der Waals surface area contributed by atoms with Crippen molar-refractivity contribution in [2.45, 2.75) is 9.79 Å². The van der Waals surface area contributed by atoms with E-state index in [4.69, 9.17) is 34.4 Å². The van der Waals surface area contributed by atoms with Gasteiger partial charge in [-0.25, -0.2) is 8.42 Å². The van der Waals surface area contributed by atoms with Crippen molar-refractivity contribution in [3.63, 3.8) is 0 Å². The summed E-state index contributed by atoms with van der Waals surface area (Å²) in [7, 11) is -4.30. The zero-order valence-electron chi connectivity index (χ0n) is 17.6. The molecule has 0 aliphatic heterocycles. The van der Waals surface area contributed by atoms with Crippen molar-refractivity contribution < 1.29 is 8.42 Å². The third-order valence-electron chi connectivity index (χ3n) is 5.44. The van der Waals surface area contributed by atoms with Gasteiger partial charge in [0.15, 0.2) is 0 Å². The summed E-state index contributed by atoms with van der Waals surface area (Å²) in [5.74, 6) is 0. The monoisotopic (exact) mass is 460 g/mol. The van der Waals surface area contributed by atoms with Crippen LogP contribution in [-0.2, 0) is 9.84 Å². The molecule has 0 aromatic heterocycles. The van der Waals surface area contributed by atoms with Gasteiger partial charge in [-0.2, -0.15) is 0 Å². The molecule has 0 aliphatic carbocycles. The van der Waals surface area contributed by atoms with Crippen LogP contribution in [0.2, 0.25) is 0 Å². The quantitative estimate of drug-likeness (QED) is 0.250. The van der Waals surface area contributed by atoms with Crippen molar-refractivity contribution in [3.05, 3.63) is 72.8 Å². The van der Waals surface area contributed by atoms with Crippen molar-refractivity contribution in [2.24, 2.45) is 0 Å². The third kappa shape index (κ3) is 3.74. The maximum absolute atomic E-state index is 14.2. The molecule has 4 aromatic carbocycles. The molecule has 12 N–H and O–H groups in total. The first-order valence-electron chi connectivity index (χ1n) is 9.94. The first-order chi connectivity index (χ1) is 15.6. The molecule has 4 aromatic rings. The van der Waals surface area contributed by atoms with Crippen molar-refractivity contribution in [1.82, 2.24) is 0 Å². The minimum Gasteiger partial charge on any atom is -0.399 e. The van der Waals surface area contributed by atoms with Crippen LogP contribution in [0.4, 0.5) is 34.1 Å². The van der Waals surface area contributed by atoms with E-state index in [1.807, 2.05) is 0 Å². The summed E-state index contributed by atoms with van der Waals surface area (Å²) in [5.41, 5.74) is 39.3. The Bertz CT molecular complexity index is 1360. The van der Waals surface area contributed by atoms with Gasteiger partial charge in [-0.15, -0.1) is 0 Å². The Morgan fingerprint density at radius 1 is 0.455 bits per heavy atom. The highest BCUT2D eigenvalue weighted by molar-refractivity contribution is 7.92. The fourth-order valence-electron chi connectivity index (χ4n) is 3.69. The molecule has 8 nitrogen and oxygen atoms in total. The second-order valence-electron chi connectivity index (χ2n) is 7.64. The van der Waals surface area contributed by atoms with E-state index in [9.17, 15) is 8.42 Å². The third-order valence-corrected chi connectivity index (χ3v) is 7.40. The van der Waals surface area contributed by atoms with Crippen LogP contribution in [0.15, 0.2) is 82.6 Å². The van der Waals surface area contributed by atoms with E-state index in [-0.39, 0.29) is 32.5 Å². The van der Waals surface area contributed by atoms with Gasteiger partial charge in [0.1, 0.15) is 9.79 Å². The average Bonchev–Trinajstić information content (AvgIpc) is 2.78. The van der Waals surface area contributed by atoms with Gasteiger partial charge in [0.2, 0.25) is 9.84 Å². The van der Waals surface area contributed by atoms with Gasteiger partial charge in [0.05, 0.1) is 22.7 Å². The van der Waals surface area contributed by atoms with Crippen LogP contribution in [0.5, 0.6) is 0 Å². The lowest BCUT2D eigenvalue weighted by Crippen LogP contribution is -2.14. The van der Waals surface area contributed by atoms with Crippen LogP contribution >= 0.6 is 0 Å². The fourth-order valence-corrected chi connectivity index (χ4v) is 5.66. The zero-order valence-corrected chi connectivity index (χ0v) is 18.4. The maximum atomic E-state index is 14.2. The smallest absolute Gasteiger partial charge is 0.212 e. The average molecular weight is 461 g/mol. The summed E-state index contributed by atoms with van der Waals surface area (Å²) in [5, 5.41) is 0. The second kappa shape index (κ2) is 7.95. The van der Waals surface area contributed by atoms with Gasteiger partial charge in [-0.1, -0.05) is 36.4 Å². The van der Waals surface area contributed by atoms with Gasteiger partial charge >= 0.3 is 0 Å². The molecule has 0 bridgehead atoms. The van der Waals surface area contributed by atoms with Crippen LogP contribution in [0.1, 0.15) is 0 Å². The molecular formula is C24H24N6O2S. The molecule has 0 amide bonds. The number of hydrogen-bond donors (Lipinski definition) is 6. The second-order valence-corrected chi connectivity index (χ2v) is 9.46. The summed E-state index contributed by atoms with van der Waals surface area (Å²) < 4.78 is 28.4. The standard InChI is InChI=1S/C24H24N6O2S/c25-15-5-1-13(2-6-15)17-9-11-19(27)21(29)23(17)33(31,32)24-18(10-12-20(28)22(24)30)14-3-7-16(26)8-4-14/h1-12H,25-30H2. The molecule has 33 heavy (non-hydrogen) atoms. The number of benzene rings is 4. The molecule has 4 rings (SSSR count). The highest BCUT2D eigenvalue weighted by atomic mass is 32.2. The Hall–Kier alpha value is -4.37. The minimum absolute atomic E-state index is 0.0746. The molecule has 0 heterocycles. The van der Waals surface area contributed by atoms with Gasteiger partial charge < -0.3 is 34.4 Å². The van der Waals surface area contributed by atoms with Crippen molar-refractivity contribution in [2.75, 3.05) is 34.4 Å². The summed E-state index contributed by atoms with van der Waals surface area (Å²) in [4.78, 5) is -0.303. The lowest BCUT2D eigenvalue weighted by molar-refractivity contribution is 0.597. The Labute approximate surface area is 191 Å². The lowest BCUT2D eigenvalue weighted by Gasteiger charge is -2.19. The summed E-state index contributed by atoms with van der Waals surface area (Å²) in [6.45, 7) is 0. The Balaban J connectivity index is 2.06. The molecular weight excluding hydrogens is 436 g/mol. The Kier molecular flexibility index (Phi) is 5.27. The Morgan fingerprint density at radius 3 is 1.12 bits per heavy atom. The first-order valence-corrected chi connectivity index (χ1v) is 11.4. The molecule has 0 atom stereocenters. The summed E-state index contributed by atoms with van der Waals surface area (Å²) >= 11 is 0. The number of nitrogens with two attached hydrogens (primary N) is 6. The Morgan fingerprint density at radius 2 is 0.788 bits per heavy atom. The summed E-state index contributed by atoms with van der Waals surface area (Å²) in [6.07, 6.45) is 0. The number of rotatable bonds is 4. The lowest BCUT2D eigenvalue weighted by atomic mass is 10.0. The van der Waals surface area contributed by atoms with E-state index in [1.54, 1.807) is 72.8 Å². The minimum atomic E-state index is -4.30. The van der Waals surface area contributed by atoms with Crippen molar-refractivity contribution in [1.29, 1.82) is 0 Å². The molecule has 0 fully saturated rings. The SMILES string of the molecule is Nc1ccc(-c2ccc(N)c(N)c2S(=O)(=O)c2c(-c3ccc(N)cc3)ccc(N)c2N)cc1. The predicted molar refractivity (Wildman–Crippen MR) is 136 cm³/mol. The van der Waals surface area contributed by atoms with E-state index in [0.29, 0.717) is 33.6 Å². The molecule has 9 heteroatoms. The number of anilines is 6. The molecule has 0 spiro atoms. The number of sulfone groups is 1. The van der Waals surface area contributed by atoms with Gasteiger partial charge in [0, 0.05) is 22.5 Å². The van der Waals surface area contributed by atoms with Crippen LogP contribution in [0, 0.1) is 0 Å². The maximum Gasteiger partial charge on any atom is 0.212 e. The highest BCUT2D eigenvalue weighted by Crippen LogP contribution is 2.44. The normalized spacial score (nSPS) is 11.4. The van der Waals surface area contributed by atoms with Crippen molar-refractivity contribution in [3.8, 4) is 22.3 Å². The van der Waals surface area contributed by atoms with E-state index >= 15 is 0 Å². The largest absolute Gasteiger partial charge is 0.399 e.